The first-order chi connectivity index (χ1) is 24.3. The molecular weight excluding hydrogens is 655 g/mol. The van der Waals surface area contributed by atoms with Crippen LogP contribution in [0.3, 0.4) is 0 Å². The van der Waals surface area contributed by atoms with E-state index in [0.717, 1.165) is 23.5 Å². The number of nitrogens with one attached hydrogen (secondary N) is 2. The summed E-state index contributed by atoms with van der Waals surface area (Å²) in [7, 11) is 0. The molecule has 3 aromatic rings. The van der Waals surface area contributed by atoms with E-state index in [-0.39, 0.29) is 17.9 Å². The maximum atomic E-state index is 15.6. The molecule has 0 aliphatic carbocycles. The summed E-state index contributed by atoms with van der Waals surface area (Å²) in [6.07, 6.45) is 4.21. The molecule has 2 atom stereocenters. The zero-order valence-corrected chi connectivity index (χ0v) is 29.6. The predicted molar refractivity (Wildman–Crippen MR) is 193 cm³/mol. The summed E-state index contributed by atoms with van der Waals surface area (Å²) in [5, 5.41) is 19.6. The molecule has 2 aliphatic rings. The van der Waals surface area contributed by atoms with Crippen LogP contribution in [0.15, 0.2) is 72.0 Å². The number of nitrogens with zero attached hydrogens (tertiary/aromatic N) is 4. The number of carbonyl (C=O) groups excluding carboxylic acids is 2. The third-order valence-corrected chi connectivity index (χ3v) is 8.53. The minimum absolute atomic E-state index is 0.103. The summed E-state index contributed by atoms with van der Waals surface area (Å²) in [4.78, 5) is 51.4. The molecule has 0 bridgehead atoms. The molecule has 12 nitrogen and oxygen atoms in total. The molecule has 2 aliphatic heterocycles. The number of amides is 3. The van der Waals surface area contributed by atoms with Gasteiger partial charge >= 0.3 is 18.1 Å². The lowest BCUT2D eigenvalue weighted by molar-refractivity contribution is -0.139. The van der Waals surface area contributed by atoms with Crippen LogP contribution in [0.4, 0.5) is 25.5 Å². The van der Waals surface area contributed by atoms with Crippen molar-refractivity contribution in [3.63, 3.8) is 0 Å². The maximum absolute atomic E-state index is 15.6. The van der Waals surface area contributed by atoms with Gasteiger partial charge in [0.25, 0.3) is 0 Å². The molecule has 13 heteroatoms. The molecule has 270 valence electrons. The number of halogens is 1. The fraction of sp³-hybridized carbons (Fsp3) is 0.395. The normalized spacial score (nSPS) is 17.2. The Morgan fingerprint density at radius 1 is 1.06 bits per heavy atom. The Bertz CT molecular complexity index is 1800. The number of hydrogen-bond acceptors (Lipinski definition) is 8. The summed E-state index contributed by atoms with van der Waals surface area (Å²) >= 11 is 0. The first kappa shape index (κ1) is 36.8. The van der Waals surface area contributed by atoms with Crippen molar-refractivity contribution in [2.24, 2.45) is 11.1 Å². The van der Waals surface area contributed by atoms with E-state index in [1.807, 2.05) is 32.1 Å². The van der Waals surface area contributed by atoms with E-state index in [0.29, 0.717) is 55.2 Å². The molecule has 2 aromatic carbocycles. The topological polar surface area (TPSA) is 146 Å². The highest BCUT2D eigenvalue weighted by atomic mass is 19.1. The van der Waals surface area contributed by atoms with Crippen LogP contribution in [0.25, 0.3) is 5.76 Å². The Morgan fingerprint density at radius 2 is 1.82 bits per heavy atom. The monoisotopic (exact) mass is 700 g/mol. The first-order valence-corrected chi connectivity index (χ1v) is 17.1. The van der Waals surface area contributed by atoms with Crippen molar-refractivity contribution >= 4 is 41.1 Å². The first-order valence-electron chi connectivity index (χ1n) is 17.1. The second-order valence-electron chi connectivity index (χ2n) is 13.9. The van der Waals surface area contributed by atoms with E-state index in [1.54, 1.807) is 68.3 Å². The van der Waals surface area contributed by atoms with Gasteiger partial charge < -0.3 is 29.8 Å². The number of urea groups is 1. The summed E-state index contributed by atoms with van der Waals surface area (Å²) in [5.74, 6) is -0.638. The maximum Gasteiger partial charge on any atom is 0.412 e. The smallest absolute Gasteiger partial charge is 0.412 e. The number of anilines is 2. The van der Waals surface area contributed by atoms with E-state index in [9.17, 15) is 19.5 Å². The largest absolute Gasteiger partial charge is 0.480 e. The van der Waals surface area contributed by atoms with Gasteiger partial charge in [0.1, 0.15) is 23.3 Å². The number of aromatic nitrogens is 1. The number of allylic oxidation sites excluding steroid dienone is 1. The fourth-order valence-electron chi connectivity index (χ4n) is 5.86. The van der Waals surface area contributed by atoms with Crippen LogP contribution < -0.4 is 15.5 Å². The van der Waals surface area contributed by atoms with Gasteiger partial charge in [-0.15, -0.1) is 0 Å². The highest BCUT2D eigenvalue weighted by molar-refractivity contribution is 6.02. The zero-order chi connectivity index (χ0) is 36.7. The number of aryl methyl sites for hydroxylation is 1. The molecule has 3 N–H and O–H groups in total. The number of oxime groups is 1. The van der Waals surface area contributed by atoms with Gasteiger partial charge in [-0.1, -0.05) is 18.1 Å². The number of carbonyl (C=O) groups is 3. The van der Waals surface area contributed by atoms with Crippen LogP contribution in [0.2, 0.25) is 0 Å². The third-order valence-electron chi connectivity index (χ3n) is 8.53. The molecule has 1 saturated heterocycles. The van der Waals surface area contributed by atoms with Gasteiger partial charge in [-0.3, -0.25) is 5.32 Å². The van der Waals surface area contributed by atoms with E-state index in [1.165, 1.54) is 6.07 Å². The predicted octanol–water partition coefficient (Wildman–Crippen LogP) is 6.60. The average Bonchev–Trinajstić information content (AvgIpc) is 3.43. The Balaban J connectivity index is 1.20. The quantitative estimate of drug-likeness (QED) is 0.239. The minimum Gasteiger partial charge on any atom is -0.480 e. The van der Waals surface area contributed by atoms with Gasteiger partial charge in [-0.05, 0) is 106 Å². The fourth-order valence-corrected chi connectivity index (χ4v) is 5.86. The average molecular weight is 701 g/mol. The Labute approximate surface area is 297 Å². The van der Waals surface area contributed by atoms with Crippen molar-refractivity contribution in [2.75, 3.05) is 36.4 Å². The van der Waals surface area contributed by atoms with Crippen LogP contribution in [-0.4, -0.2) is 76.6 Å². The highest BCUT2D eigenvalue weighted by Crippen LogP contribution is 2.28. The number of hydrogen-bond donors (Lipinski definition) is 3. The van der Waals surface area contributed by atoms with Gasteiger partial charge in [-0.25, -0.2) is 23.8 Å². The lowest BCUT2D eigenvalue weighted by Crippen LogP contribution is -2.49. The van der Waals surface area contributed by atoms with Crippen molar-refractivity contribution in [2.45, 2.75) is 65.5 Å². The SMILES string of the molecule is Cc1ccnc(N2CCCN(C(=O)NC(Cc3ccc(C4=NOC(c5ccc(NC(=O)OC(C)(C)C)cc5)=CCC4C)c(F)c3)C(=O)O)CC2)c1. The van der Waals surface area contributed by atoms with E-state index in [2.05, 4.69) is 25.7 Å². The second kappa shape index (κ2) is 16.0. The summed E-state index contributed by atoms with van der Waals surface area (Å²) < 4.78 is 20.9. The molecule has 0 radical (unpaired) electrons. The van der Waals surface area contributed by atoms with Crippen LogP contribution >= 0.6 is 0 Å². The minimum atomic E-state index is -1.25. The summed E-state index contributed by atoms with van der Waals surface area (Å²) in [5.41, 5.74) is 2.82. The molecule has 51 heavy (non-hydrogen) atoms. The number of carboxylic acid groups (broad SMARTS) is 1. The van der Waals surface area contributed by atoms with Crippen LogP contribution in [0.1, 0.15) is 62.8 Å². The van der Waals surface area contributed by atoms with Crippen LogP contribution in [0.5, 0.6) is 0 Å². The van der Waals surface area contributed by atoms with Gasteiger partial charge in [0.15, 0.2) is 5.76 Å². The molecule has 3 amide bonds. The van der Waals surface area contributed by atoms with Gasteiger partial charge in [0.2, 0.25) is 0 Å². The molecule has 0 spiro atoms. The molecule has 2 unspecified atom stereocenters. The highest BCUT2D eigenvalue weighted by Gasteiger charge is 2.27. The van der Waals surface area contributed by atoms with E-state index in [4.69, 9.17) is 9.57 Å². The van der Waals surface area contributed by atoms with Crippen molar-refractivity contribution in [3.05, 3.63) is 94.9 Å². The molecule has 3 heterocycles. The molecule has 1 aromatic heterocycles. The number of benzene rings is 2. The van der Waals surface area contributed by atoms with Gasteiger partial charge in [0, 0.05) is 61.5 Å². The van der Waals surface area contributed by atoms with Gasteiger partial charge in [0.05, 0.1) is 5.71 Å². The Kier molecular flexibility index (Phi) is 11.6. The molecule has 5 rings (SSSR count). The van der Waals surface area contributed by atoms with Crippen molar-refractivity contribution in [1.82, 2.24) is 15.2 Å². The number of carboxylic acids is 1. The van der Waals surface area contributed by atoms with Crippen LogP contribution in [0, 0.1) is 18.7 Å². The third kappa shape index (κ3) is 10.1. The number of aliphatic carboxylic acids is 1. The molecule has 0 saturated carbocycles. The number of pyridine rings is 1. The van der Waals surface area contributed by atoms with Crippen molar-refractivity contribution < 1.29 is 33.5 Å². The molecule has 1 fully saturated rings. The standard InChI is InChI=1S/C38H45FN6O6/c1-24-15-16-40-33(21-24)44-17-6-18-45(20-19-44)36(48)42-31(35(46)47)23-26-8-13-29(30(39)22-26)34-25(2)7-14-32(51-43-34)27-9-11-28(12-10-27)41-37(49)50-38(3,4)5/h8-16,21-22,25,31H,6-7,17-20,23H2,1-5H3,(H,41,49)(H,42,48)(H,46,47). The van der Waals surface area contributed by atoms with Crippen LogP contribution in [-0.2, 0) is 20.8 Å². The summed E-state index contributed by atoms with van der Waals surface area (Å²) in [6, 6.07) is 13.7. The van der Waals surface area contributed by atoms with E-state index >= 15 is 4.39 Å². The Morgan fingerprint density at radius 3 is 2.51 bits per heavy atom. The zero-order valence-electron chi connectivity index (χ0n) is 29.6. The van der Waals surface area contributed by atoms with Crippen molar-refractivity contribution in [3.8, 4) is 0 Å². The van der Waals surface area contributed by atoms with Crippen molar-refractivity contribution in [1.29, 1.82) is 0 Å². The Hall–Kier alpha value is -5.46. The molecular formula is C38H45FN6O6. The van der Waals surface area contributed by atoms with E-state index < -0.39 is 35.6 Å². The number of rotatable bonds is 8. The lowest BCUT2D eigenvalue weighted by atomic mass is 9.93. The summed E-state index contributed by atoms with van der Waals surface area (Å²) in [6.45, 7) is 11.4. The van der Waals surface area contributed by atoms with Gasteiger partial charge in [-0.2, -0.15) is 0 Å². The second-order valence-corrected chi connectivity index (χ2v) is 13.9. The lowest BCUT2D eigenvalue weighted by Gasteiger charge is -2.25. The number of ether oxygens (including phenoxy) is 1.